The topological polar surface area (TPSA) is 96.4 Å². The van der Waals surface area contributed by atoms with Crippen molar-refractivity contribution in [3.63, 3.8) is 0 Å². The van der Waals surface area contributed by atoms with Gasteiger partial charge in [-0.1, -0.05) is 18.6 Å². The Balaban J connectivity index is 1.30. The van der Waals surface area contributed by atoms with Crippen molar-refractivity contribution in [1.29, 1.82) is 0 Å². The molecule has 0 radical (unpaired) electrons. The van der Waals surface area contributed by atoms with Crippen LogP contribution in [0.25, 0.3) is 0 Å². The van der Waals surface area contributed by atoms with Crippen LogP contribution in [0.3, 0.4) is 0 Å². The maximum absolute atomic E-state index is 13.2. The Morgan fingerprint density at radius 3 is 2.61 bits per heavy atom. The van der Waals surface area contributed by atoms with E-state index in [4.69, 9.17) is 9.47 Å². The van der Waals surface area contributed by atoms with Gasteiger partial charge < -0.3 is 19.7 Å². The summed E-state index contributed by atoms with van der Waals surface area (Å²) in [5.74, 6) is 0.375. The second kappa shape index (κ2) is 6.79. The zero-order valence-corrected chi connectivity index (χ0v) is 20.0. The zero-order chi connectivity index (χ0) is 23.5. The average molecular weight is 457 g/mol. The van der Waals surface area contributed by atoms with Crippen LogP contribution in [0.15, 0.2) is 23.3 Å². The number of carbonyl (C=O) groups excluding carboxylic acids is 2. The third kappa shape index (κ3) is 2.61. The summed E-state index contributed by atoms with van der Waals surface area (Å²) in [4.78, 5) is 25.5. The summed E-state index contributed by atoms with van der Waals surface area (Å²) in [5.41, 5.74) is -0.390. The molecule has 0 aromatic carbocycles. The maximum Gasteiger partial charge on any atom is 0.334 e. The molecule has 0 aromatic rings. The summed E-state index contributed by atoms with van der Waals surface area (Å²) < 4.78 is 11.8. The zero-order valence-electron chi connectivity index (χ0n) is 20.0. The highest BCUT2D eigenvalue weighted by molar-refractivity contribution is 5.97. The monoisotopic (exact) mass is 456 g/mol. The molecule has 0 unspecified atom stereocenters. The van der Waals surface area contributed by atoms with Gasteiger partial charge in [-0.3, -0.25) is 4.79 Å². The van der Waals surface area contributed by atoms with Gasteiger partial charge in [-0.2, -0.15) is 0 Å². The molecule has 3 saturated carbocycles. The third-order valence-electron chi connectivity index (χ3n) is 11.1. The number of ether oxygens (including phenoxy) is 2. The smallest absolute Gasteiger partial charge is 0.334 e. The molecule has 6 rings (SSSR count). The number of hydrogen-bond acceptors (Lipinski definition) is 6. The average Bonchev–Trinajstić information content (AvgIpc) is 3.50. The second-order valence-corrected chi connectivity index (χ2v) is 12.2. The van der Waals surface area contributed by atoms with Crippen LogP contribution in [0.1, 0.15) is 66.2 Å². The van der Waals surface area contributed by atoms with Gasteiger partial charge in [0.05, 0.1) is 17.6 Å². The van der Waals surface area contributed by atoms with E-state index in [0.717, 1.165) is 31.3 Å². The molecular weight excluding hydrogens is 420 g/mol. The molecule has 2 heterocycles. The van der Waals surface area contributed by atoms with Crippen LogP contribution < -0.4 is 0 Å². The molecule has 6 nitrogen and oxygen atoms in total. The van der Waals surface area contributed by atoms with Crippen LogP contribution in [0.5, 0.6) is 0 Å². The van der Waals surface area contributed by atoms with E-state index in [-0.39, 0.29) is 47.1 Å². The van der Waals surface area contributed by atoms with Crippen molar-refractivity contribution in [2.45, 2.75) is 96.2 Å². The summed E-state index contributed by atoms with van der Waals surface area (Å²) in [6, 6.07) is 0. The number of fused-ring (bicyclic) bond motifs is 8. The molecule has 11 atom stereocenters. The number of aliphatic hydroxyl groups is 2. The fraction of sp³-hybridized carbons (Fsp3) is 0.778. The van der Waals surface area contributed by atoms with Crippen molar-refractivity contribution in [3.05, 3.63) is 23.3 Å². The summed E-state index contributed by atoms with van der Waals surface area (Å²) in [6.45, 7) is 7.99. The Hall–Kier alpha value is -1.50. The molecule has 6 heteroatoms. The van der Waals surface area contributed by atoms with Crippen molar-refractivity contribution >= 4 is 11.8 Å². The minimum atomic E-state index is -1.12. The second-order valence-electron chi connectivity index (χ2n) is 12.2. The van der Waals surface area contributed by atoms with E-state index < -0.39 is 23.2 Å². The van der Waals surface area contributed by atoms with Crippen LogP contribution in [-0.4, -0.2) is 52.0 Å². The number of esters is 1. The van der Waals surface area contributed by atoms with E-state index >= 15 is 0 Å². The van der Waals surface area contributed by atoms with E-state index in [1.807, 2.05) is 19.9 Å². The van der Waals surface area contributed by atoms with Crippen molar-refractivity contribution in [3.8, 4) is 0 Å². The predicted molar refractivity (Wildman–Crippen MR) is 120 cm³/mol. The molecular formula is C27H36O6. The van der Waals surface area contributed by atoms with E-state index in [2.05, 4.69) is 6.92 Å². The van der Waals surface area contributed by atoms with Crippen molar-refractivity contribution in [1.82, 2.24) is 0 Å². The van der Waals surface area contributed by atoms with Crippen LogP contribution in [0.2, 0.25) is 0 Å². The number of aliphatic hydroxyl groups excluding tert-OH is 1. The Morgan fingerprint density at radius 2 is 1.88 bits per heavy atom. The largest absolute Gasteiger partial charge is 0.456 e. The van der Waals surface area contributed by atoms with E-state index in [0.29, 0.717) is 24.3 Å². The Morgan fingerprint density at radius 1 is 1.12 bits per heavy atom. The highest BCUT2D eigenvalue weighted by Gasteiger charge is 2.77. The molecule has 2 N–H and O–H groups in total. The number of epoxide rings is 1. The minimum Gasteiger partial charge on any atom is -0.456 e. The molecule has 33 heavy (non-hydrogen) atoms. The van der Waals surface area contributed by atoms with Crippen LogP contribution in [-0.2, 0) is 19.1 Å². The van der Waals surface area contributed by atoms with Crippen LogP contribution >= 0.6 is 0 Å². The van der Waals surface area contributed by atoms with Gasteiger partial charge >= 0.3 is 5.97 Å². The van der Waals surface area contributed by atoms with Crippen LogP contribution in [0.4, 0.5) is 0 Å². The van der Waals surface area contributed by atoms with Crippen molar-refractivity contribution in [2.24, 2.45) is 34.5 Å². The molecule has 1 saturated heterocycles. The summed E-state index contributed by atoms with van der Waals surface area (Å²) in [6.07, 6.45) is 6.64. The minimum absolute atomic E-state index is 0.00627. The summed E-state index contributed by atoms with van der Waals surface area (Å²) in [5, 5.41) is 23.1. The first kappa shape index (κ1) is 22.0. The number of hydrogen-bond donors (Lipinski definition) is 2. The molecule has 0 bridgehead atoms. The maximum atomic E-state index is 13.2. The Labute approximate surface area is 195 Å². The third-order valence-corrected chi connectivity index (χ3v) is 11.1. The normalized spacial score (nSPS) is 53.6. The lowest BCUT2D eigenvalue weighted by Gasteiger charge is -2.60. The number of ketones is 1. The first-order valence-corrected chi connectivity index (χ1v) is 12.7. The lowest BCUT2D eigenvalue weighted by molar-refractivity contribution is -0.184. The van der Waals surface area contributed by atoms with E-state index in [1.54, 1.807) is 13.0 Å². The van der Waals surface area contributed by atoms with Crippen LogP contribution in [0, 0.1) is 34.5 Å². The van der Waals surface area contributed by atoms with E-state index in [1.165, 1.54) is 0 Å². The van der Waals surface area contributed by atoms with Crippen molar-refractivity contribution < 1.29 is 29.3 Å². The Kier molecular flexibility index (Phi) is 4.53. The lowest BCUT2D eigenvalue weighted by atomic mass is 9.43. The number of rotatable bonds is 2. The molecule has 0 aromatic heterocycles. The predicted octanol–water partition coefficient (Wildman–Crippen LogP) is 3.11. The molecule has 6 aliphatic rings. The fourth-order valence-electron chi connectivity index (χ4n) is 8.93. The molecule has 0 amide bonds. The molecule has 4 fully saturated rings. The standard InChI is InChI=1S/C27H36O6/c1-13-12-18(32-24(30)14(13)2)21(29)17-8-7-15-20-16(9-11-25(15,17)3)26(4)19(28)6-5-10-27(26,31)23-22(20)33-23/h5-6,15-18,20-23,29,31H,7-12H2,1-4H3/t15-,16-,17+,18+,20-,21+,22-,23-,25-,26-,27-/m0/s1. The van der Waals surface area contributed by atoms with E-state index in [9.17, 15) is 19.8 Å². The van der Waals surface area contributed by atoms with Gasteiger partial charge in [0.15, 0.2) is 5.78 Å². The summed E-state index contributed by atoms with van der Waals surface area (Å²) in [7, 11) is 0. The van der Waals surface area contributed by atoms with Crippen molar-refractivity contribution in [2.75, 3.05) is 0 Å². The summed E-state index contributed by atoms with van der Waals surface area (Å²) >= 11 is 0. The van der Waals surface area contributed by atoms with Gasteiger partial charge in [0.25, 0.3) is 0 Å². The van der Waals surface area contributed by atoms with Gasteiger partial charge in [-0.05, 0) is 88.0 Å². The number of cyclic esters (lactones) is 1. The van der Waals surface area contributed by atoms with Gasteiger partial charge in [0, 0.05) is 12.0 Å². The first-order chi connectivity index (χ1) is 15.5. The quantitative estimate of drug-likeness (QED) is 0.490. The highest BCUT2D eigenvalue weighted by atomic mass is 16.6. The lowest BCUT2D eigenvalue weighted by Crippen LogP contribution is -2.67. The highest BCUT2D eigenvalue weighted by Crippen LogP contribution is 2.71. The first-order valence-electron chi connectivity index (χ1n) is 12.7. The van der Waals surface area contributed by atoms with Gasteiger partial charge in [-0.15, -0.1) is 0 Å². The SMILES string of the molecule is CC1=C(C)C(=O)O[C@@H]([C@H](O)[C@H]2CC[C@H]3[C@@H]4[C@@H]5O[C@@H]5[C@@]5(O)CC=CC(=O)[C@]5(C)[C@H]4CC[C@]23C)C1. The number of carbonyl (C=O) groups is 2. The molecule has 2 aliphatic heterocycles. The Bertz CT molecular complexity index is 983. The van der Waals surface area contributed by atoms with Gasteiger partial charge in [0.2, 0.25) is 0 Å². The molecule has 180 valence electrons. The number of allylic oxidation sites excluding steroid dienone is 1. The van der Waals surface area contributed by atoms with Gasteiger partial charge in [0.1, 0.15) is 17.8 Å². The fourth-order valence-corrected chi connectivity index (χ4v) is 8.93. The molecule has 0 spiro atoms. The van der Waals surface area contributed by atoms with Gasteiger partial charge in [-0.25, -0.2) is 4.79 Å². The molecule has 4 aliphatic carbocycles.